The minimum atomic E-state index is -0.987. The fourth-order valence-corrected chi connectivity index (χ4v) is 2.09. The van der Waals surface area contributed by atoms with Gasteiger partial charge in [-0.15, -0.1) is 0 Å². The summed E-state index contributed by atoms with van der Waals surface area (Å²) in [4.78, 5) is 11.4. The molecule has 0 aromatic heterocycles. The van der Waals surface area contributed by atoms with Crippen molar-refractivity contribution in [3.05, 3.63) is 30.1 Å². The zero-order valence-electron chi connectivity index (χ0n) is 9.37. The van der Waals surface area contributed by atoms with Crippen LogP contribution in [0.4, 0.5) is 10.1 Å². The number of aliphatic carboxylic acids is 1. The summed E-state index contributed by atoms with van der Waals surface area (Å²) < 4.78 is 13.0. The number of carbonyl (C=O) groups is 1. The van der Waals surface area contributed by atoms with Crippen molar-refractivity contribution in [3.63, 3.8) is 0 Å². The van der Waals surface area contributed by atoms with Crippen LogP contribution in [0.15, 0.2) is 24.3 Å². The molecule has 0 unspecified atom stereocenters. The second-order valence-corrected chi connectivity index (χ2v) is 4.27. The molecule has 1 aliphatic heterocycles. The second-order valence-electron chi connectivity index (χ2n) is 4.27. The van der Waals surface area contributed by atoms with Gasteiger partial charge in [0.25, 0.3) is 0 Å². The van der Waals surface area contributed by atoms with Crippen LogP contribution < -0.4 is 10.6 Å². The molecule has 0 aliphatic carbocycles. The summed E-state index contributed by atoms with van der Waals surface area (Å²) in [5, 5.41) is 15.4. The number of halogens is 1. The number of anilines is 1. The number of piperidine rings is 1. The number of carboxylic acid groups (broad SMARTS) is 1. The van der Waals surface area contributed by atoms with E-state index in [0.29, 0.717) is 31.6 Å². The fraction of sp³-hybridized carbons (Fsp3) is 0.417. The third-order valence-electron chi connectivity index (χ3n) is 3.07. The fourth-order valence-electron chi connectivity index (χ4n) is 2.09. The number of hydrogen-bond donors (Lipinski definition) is 3. The zero-order chi connectivity index (χ0) is 12.3. The highest BCUT2D eigenvalue weighted by Gasteiger charge is 2.39. The molecule has 92 valence electrons. The van der Waals surface area contributed by atoms with E-state index in [2.05, 4.69) is 10.6 Å². The highest BCUT2D eigenvalue weighted by molar-refractivity contribution is 5.83. The molecular formula is C12H15FN2O2. The van der Waals surface area contributed by atoms with Gasteiger partial charge in [-0.25, -0.2) is 9.18 Å². The molecule has 17 heavy (non-hydrogen) atoms. The third-order valence-corrected chi connectivity index (χ3v) is 3.07. The first-order valence-electron chi connectivity index (χ1n) is 5.60. The van der Waals surface area contributed by atoms with Gasteiger partial charge >= 0.3 is 5.97 Å². The van der Waals surface area contributed by atoms with E-state index in [0.717, 1.165) is 0 Å². The van der Waals surface area contributed by atoms with Crippen molar-refractivity contribution in [1.29, 1.82) is 0 Å². The normalized spacial score (nSPS) is 18.6. The highest BCUT2D eigenvalue weighted by atomic mass is 19.1. The van der Waals surface area contributed by atoms with Crippen LogP contribution in [-0.4, -0.2) is 29.7 Å². The van der Waals surface area contributed by atoms with Gasteiger partial charge in [0.1, 0.15) is 11.4 Å². The molecule has 3 N–H and O–H groups in total. The third kappa shape index (κ3) is 2.55. The molecule has 0 saturated carbocycles. The van der Waals surface area contributed by atoms with E-state index >= 15 is 0 Å². The van der Waals surface area contributed by atoms with Gasteiger partial charge in [-0.1, -0.05) is 6.07 Å². The van der Waals surface area contributed by atoms with Gasteiger partial charge in [0, 0.05) is 5.69 Å². The summed E-state index contributed by atoms with van der Waals surface area (Å²) in [6.45, 7) is 1.29. The maximum absolute atomic E-state index is 13.0. The van der Waals surface area contributed by atoms with E-state index in [4.69, 9.17) is 0 Å². The van der Waals surface area contributed by atoms with Crippen LogP contribution in [0.5, 0.6) is 0 Å². The second kappa shape index (κ2) is 4.71. The lowest BCUT2D eigenvalue weighted by molar-refractivity contribution is -0.143. The van der Waals surface area contributed by atoms with E-state index in [1.165, 1.54) is 12.1 Å². The Hall–Kier alpha value is -1.62. The summed E-state index contributed by atoms with van der Waals surface area (Å²) in [5.41, 5.74) is -0.478. The van der Waals surface area contributed by atoms with Crippen molar-refractivity contribution in [1.82, 2.24) is 5.32 Å². The first-order valence-corrected chi connectivity index (χ1v) is 5.60. The zero-order valence-corrected chi connectivity index (χ0v) is 9.37. The van der Waals surface area contributed by atoms with Crippen LogP contribution in [0.3, 0.4) is 0 Å². The lowest BCUT2D eigenvalue weighted by Gasteiger charge is -2.35. The van der Waals surface area contributed by atoms with Crippen molar-refractivity contribution < 1.29 is 14.3 Å². The molecule has 4 nitrogen and oxygen atoms in total. The Bertz CT molecular complexity index is 417. The van der Waals surface area contributed by atoms with E-state index in [1.807, 2.05) is 0 Å². The Morgan fingerprint density at radius 2 is 2.12 bits per heavy atom. The van der Waals surface area contributed by atoms with Crippen molar-refractivity contribution in [2.45, 2.75) is 18.4 Å². The number of carboxylic acids is 1. The van der Waals surface area contributed by atoms with Gasteiger partial charge in [0.2, 0.25) is 0 Å². The predicted octanol–water partition coefficient (Wildman–Crippen LogP) is 1.44. The van der Waals surface area contributed by atoms with Crippen molar-refractivity contribution in [2.24, 2.45) is 0 Å². The minimum Gasteiger partial charge on any atom is -0.480 e. The van der Waals surface area contributed by atoms with Gasteiger partial charge in [-0.05, 0) is 44.1 Å². The highest BCUT2D eigenvalue weighted by Crippen LogP contribution is 2.25. The summed E-state index contributed by atoms with van der Waals surface area (Å²) >= 11 is 0. The molecule has 1 heterocycles. The maximum atomic E-state index is 13.0. The Balaban J connectivity index is 2.20. The SMILES string of the molecule is O=C(O)C1(Nc2cccc(F)c2)CCNCC1. The molecule has 1 aromatic rings. The van der Waals surface area contributed by atoms with Crippen LogP contribution in [0.2, 0.25) is 0 Å². The van der Waals surface area contributed by atoms with Crippen LogP contribution in [0.25, 0.3) is 0 Å². The molecule has 0 atom stereocenters. The Morgan fingerprint density at radius 1 is 1.41 bits per heavy atom. The number of hydrogen-bond acceptors (Lipinski definition) is 3. The van der Waals surface area contributed by atoms with Crippen LogP contribution in [0, 0.1) is 5.82 Å². The van der Waals surface area contributed by atoms with E-state index in [9.17, 15) is 14.3 Å². The first-order chi connectivity index (χ1) is 8.12. The standard InChI is InChI=1S/C12H15FN2O2/c13-9-2-1-3-10(8-9)15-12(11(16)17)4-6-14-7-5-12/h1-3,8,14-15H,4-7H2,(H,16,17). The summed E-state index contributed by atoms with van der Waals surface area (Å²) in [6.07, 6.45) is 0.970. The molecule has 1 aliphatic rings. The van der Waals surface area contributed by atoms with E-state index in [1.54, 1.807) is 12.1 Å². The average Bonchev–Trinajstić information content (AvgIpc) is 2.30. The Morgan fingerprint density at radius 3 is 2.71 bits per heavy atom. The van der Waals surface area contributed by atoms with Crippen LogP contribution >= 0.6 is 0 Å². The summed E-state index contributed by atoms with van der Waals surface area (Å²) in [6, 6.07) is 5.89. The molecule has 5 heteroatoms. The summed E-state index contributed by atoms with van der Waals surface area (Å²) in [7, 11) is 0. The van der Waals surface area contributed by atoms with Crippen molar-refractivity contribution >= 4 is 11.7 Å². The monoisotopic (exact) mass is 238 g/mol. The smallest absolute Gasteiger partial charge is 0.329 e. The average molecular weight is 238 g/mol. The van der Waals surface area contributed by atoms with Crippen LogP contribution in [0.1, 0.15) is 12.8 Å². The molecule has 1 fully saturated rings. The minimum absolute atomic E-state index is 0.371. The van der Waals surface area contributed by atoms with Gasteiger partial charge in [-0.3, -0.25) is 0 Å². The van der Waals surface area contributed by atoms with Gasteiger partial charge in [0.15, 0.2) is 0 Å². The Labute approximate surface area is 98.8 Å². The van der Waals surface area contributed by atoms with Gasteiger partial charge < -0.3 is 15.7 Å². The van der Waals surface area contributed by atoms with Crippen molar-refractivity contribution in [3.8, 4) is 0 Å². The summed E-state index contributed by atoms with van der Waals surface area (Å²) in [5.74, 6) is -1.26. The largest absolute Gasteiger partial charge is 0.480 e. The van der Waals surface area contributed by atoms with Crippen molar-refractivity contribution in [2.75, 3.05) is 18.4 Å². The molecule has 2 rings (SSSR count). The lowest BCUT2D eigenvalue weighted by Crippen LogP contribution is -2.53. The molecular weight excluding hydrogens is 223 g/mol. The molecule has 1 saturated heterocycles. The van der Waals surface area contributed by atoms with E-state index < -0.39 is 11.5 Å². The molecule has 0 amide bonds. The first kappa shape index (κ1) is 11.9. The number of rotatable bonds is 3. The number of benzene rings is 1. The molecule has 1 aromatic carbocycles. The maximum Gasteiger partial charge on any atom is 0.329 e. The topological polar surface area (TPSA) is 61.4 Å². The van der Waals surface area contributed by atoms with Gasteiger partial charge in [-0.2, -0.15) is 0 Å². The molecule has 0 radical (unpaired) electrons. The predicted molar refractivity (Wildman–Crippen MR) is 62.5 cm³/mol. The number of nitrogens with one attached hydrogen (secondary N) is 2. The quantitative estimate of drug-likeness (QED) is 0.745. The van der Waals surface area contributed by atoms with Crippen LogP contribution in [-0.2, 0) is 4.79 Å². The van der Waals surface area contributed by atoms with Gasteiger partial charge in [0.05, 0.1) is 0 Å². The molecule has 0 bridgehead atoms. The molecule has 0 spiro atoms. The lowest BCUT2D eigenvalue weighted by atomic mass is 9.88. The Kier molecular flexibility index (Phi) is 3.28. The van der Waals surface area contributed by atoms with E-state index in [-0.39, 0.29) is 5.82 Å².